The number of carbonyl (C=O) groups excluding carboxylic acids is 2. The Morgan fingerprint density at radius 3 is 2.30 bits per heavy atom. The van der Waals surface area contributed by atoms with E-state index in [1.54, 1.807) is 32.0 Å². The highest BCUT2D eigenvalue weighted by Crippen LogP contribution is 2.22. The second-order valence-electron chi connectivity index (χ2n) is 6.53. The maximum atomic E-state index is 12.7. The number of aryl methyl sites for hydroxylation is 2. The summed E-state index contributed by atoms with van der Waals surface area (Å²) in [6, 6.07) is 11.1. The molecule has 0 aliphatic heterocycles. The summed E-state index contributed by atoms with van der Waals surface area (Å²) >= 11 is 0. The van der Waals surface area contributed by atoms with Crippen molar-refractivity contribution in [2.45, 2.75) is 47.1 Å². The van der Waals surface area contributed by atoms with Gasteiger partial charge in [-0.15, -0.1) is 0 Å². The molecular weight excluding hydrogens is 342 g/mol. The third-order valence-electron chi connectivity index (χ3n) is 4.22. The van der Waals surface area contributed by atoms with E-state index in [0.717, 1.165) is 11.1 Å². The minimum atomic E-state index is -0.628. The van der Waals surface area contributed by atoms with Gasteiger partial charge in [-0.05, 0) is 75.1 Å². The Bertz CT molecular complexity index is 809. The van der Waals surface area contributed by atoms with Crippen LogP contribution in [0.15, 0.2) is 36.4 Å². The predicted molar refractivity (Wildman–Crippen MR) is 106 cm³/mol. The van der Waals surface area contributed by atoms with Crippen LogP contribution >= 0.6 is 0 Å². The average Bonchev–Trinajstić information content (AvgIpc) is 2.60. The van der Waals surface area contributed by atoms with E-state index >= 15 is 0 Å². The van der Waals surface area contributed by atoms with Gasteiger partial charge in [-0.25, -0.2) is 4.79 Å². The van der Waals surface area contributed by atoms with E-state index in [2.05, 4.69) is 11.4 Å². The van der Waals surface area contributed by atoms with E-state index in [1.807, 2.05) is 32.9 Å². The lowest BCUT2D eigenvalue weighted by Gasteiger charge is -2.19. The first-order valence-electron chi connectivity index (χ1n) is 9.18. The molecule has 0 bridgehead atoms. The number of nitrogens with one attached hydrogen (secondary N) is 1. The summed E-state index contributed by atoms with van der Waals surface area (Å²) in [5, 5.41) is 2.88. The van der Waals surface area contributed by atoms with Crippen LogP contribution in [0.2, 0.25) is 0 Å². The first kappa shape index (κ1) is 20.5. The Morgan fingerprint density at radius 1 is 1.04 bits per heavy atom. The van der Waals surface area contributed by atoms with Crippen LogP contribution in [0.5, 0.6) is 5.75 Å². The molecule has 0 heterocycles. The Hall–Kier alpha value is -2.82. The molecule has 1 amide bonds. The molecule has 0 aromatic heterocycles. The van der Waals surface area contributed by atoms with Crippen molar-refractivity contribution < 1.29 is 19.1 Å². The number of hydrogen-bond donors (Lipinski definition) is 1. The second-order valence-corrected chi connectivity index (χ2v) is 6.53. The molecular formula is C22H27NO4. The maximum Gasteiger partial charge on any atom is 0.338 e. The lowest BCUT2D eigenvalue weighted by atomic mass is 10.1. The zero-order valence-electron chi connectivity index (χ0n) is 16.6. The van der Waals surface area contributed by atoms with Crippen LogP contribution in [0.25, 0.3) is 0 Å². The molecule has 5 heteroatoms. The van der Waals surface area contributed by atoms with Gasteiger partial charge in [0.15, 0.2) is 6.10 Å². The molecule has 0 aliphatic carbocycles. The lowest BCUT2D eigenvalue weighted by Crippen LogP contribution is -2.32. The van der Waals surface area contributed by atoms with Crippen molar-refractivity contribution in [3.05, 3.63) is 58.7 Å². The van der Waals surface area contributed by atoms with Crippen molar-refractivity contribution in [3.63, 3.8) is 0 Å². The van der Waals surface area contributed by atoms with Crippen LogP contribution in [0, 0.1) is 20.8 Å². The number of esters is 1. The molecule has 2 aromatic rings. The smallest absolute Gasteiger partial charge is 0.338 e. The topological polar surface area (TPSA) is 64.6 Å². The summed E-state index contributed by atoms with van der Waals surface area (Å²) in [6.07, 6.45) is -0.105. The monoisotopic (exact) mass is 369 g/mol. The van der Waals surface area contributed by atoms with Gasteiger partial charge in [-0.3, -0.25) is 4.79 Å². The van der Waals surface area contributed by atoms with Crippen molar-refractivity contribution in [2.75, 3.05) is 11.9 Å². The van der Waals surface area contributed by atoms with Crippen LogP contribution in [-0.2, 0) is 9.53 Å². The number of anilines is 1. The van der Waals surface area contributed by atoms with E-state index < -0.39 is 12.1 Å². The van der Waals surface area contributed by atoms with Gasteiger partial charge in [0, 0.05) is 5.69 Å². The third-order valence-corrected chi connectivity index (χ3v) is 4.22. The molecule has 0 spiro atoms. The summed E-state index contributed by atoms with van der Waals surface area (Å²) in [5.41, 5.74) is 3.85. The van der Waals surface area contributed by atoms with E-state index in [-0.39, 0.29) is 5.91 Å². The minimum absolute atomic E-state index is 0.249. The molecule has 0 saturated heterocycles. The van der Waals surface area contributed by atoms with Gasteiger partial charge in [0.05, 0.1) is 12.2 Å². The number of benzene rings is 2. The third kappa shape index (κ3) is 5.33. The maximum absolute atomic E-state index is 12.7. The average molecular weight is 369 g/mol. The van der Waals surface area contributed by atoms with Crippen LogP contribution < -0.4 is 10.1 Å². The fraction of sp³-hybridized carbons (Fsp3) is 0.364. The molecule has 0 aliphatic rings. The number of hydrogen-bond acceptors (Lipinski definition) is 4. The van der Waals surface area contributed by atoms with Gasteiger partial charge in [-0.1, -0.05) is 19.1 Å². The fourth-order valence-corrected chi connectivity index (χ4v) is 2.90. The first-order chi connectivity index (χ1) is 12.8. The molecule has 2 rings (SSSR count). The number of amides is 1. The summed E-state index contributed by atoms with van der Waals surface area (Å²) in [5.74, 6) is 0.0249. The van der Waals surface area contributed by atoms with E-state index in [4.69, 9.17) is 9.47 Å². The molecule has 0 saturated carbocycles. The van der Waals surface area contributed by atoms with E-state index in [1.165, 1.54) is 0 Å². The fourth-order valence-electron chi connectivity index (χ4n) is 2.90. The molecule has 27 heavy (non-hydrogen) atoms. The predicted octanol–water partition coefficient (Wildman–Crippen LogP) is 4.58. The molecule has 0 radical (unpaired) electrons. The summed E-state index contributed by atoms with van der Waals surface area (Å²) < 4.78 is 11.0. The number of rotatable bonds is 7. The Balaban J connectivity index is 2.17. The molecule has 144 valence electrons. The van der Waals surface area contributed by atoms with Gasteiger partial charge in [0.2, 0.25) is 0 Å². The summed E-state index contributed by atoms with van der Waals surface area (Å²) in [7, 11) is 0. The first-order valence-corrected chi connectivity index (χ1v) is 9.18. The normalized spacial score (nSPS) is 11.6. The molecule has 1 N–H and O–H groups in total. The molecule has 2 aromatic carbocycles. The zero-order valence-corrected chi connectivity index (χ0v) is 16.6. The van der Waals surface area contributed by atoms with Crippen molar-refractivity contribution in [1.82, 2.24) is 0 Å². The number of carbonyl (C=O) groups is 2. The summed E-state index contributed by atoms with van der Waals surface area (Å²) in [4.78, 5) is 24.8. The highest BCUT2D eigenvalue weighted by molar-refractivity contribution is 5.98. The SMILES string of the molecule is CCOC(=O)c1cccc(NC(=O)[C@H](CC)Oc2cc(C)cc(C)c2)c1C. The van der Waals surface area contributed by atoms with E-state index in [9.17, 15) is 9.59 Å². The Kier molecular flexibility index (Phi) is 6.99. The second kappa shape index (κ2) is 9.21. The van der Waals surface area contributed by atoms with Gasteiger partial charge in [-0.2, -0.15) is 0 Å². The number of ether oxygens (including phenoxy) is 2. The standard InChI is InChI=1S/C22H27NO4/c1-6-20(27-17-12-14(3)11-15(4)13-17)21(24)23-19-10-8-9-18(16(19)5)22(25)26-7-2/h8-13,20H,6-7H2,1-5H3,(H,23,24)/t20-/m0/s1. The van der Waals surface area contributed by atoms with Crippen LogP contribution in [0.1, 0.15) is 47.3 Å². The van der Waals surface area contributed by atoms with Gasteiger partial charge >= 0.3 is 5.97 Å². The van der Waals surface area contributed by atoms with Crippen molar-refractivity contribution >= 4 is 17.6 Å². The largest absolute Gasteiger partial charge is 0.481 e. The Morgan fingerprint density at radius 2 is 1.70 bits per heavy atom. The Labute approximate surface area is 160 Å². The summed E-state index contributed by atoms with van der Waals surface area (Å²) in [6.45, 7) is 9.73. The van der Waals surface area contributed by atoms with Gasteiger partial charge < -0.3 is 14.8 Å². The van der Waals surface area contributed by atoms with Gasteiger partial charge in [0.25, 0.3) is 5.91 Å². The zero-order chi connectivity index (χ0) is 20.0. The quantitative estimate of drug-likeness (QED) is 0.725. The van der Waals surface area contributed by atoms with Crippen LogP contribution in [0.4, 0.5) is 5.69 Å². The van der Waals surface area contributed by atoms with Crippen LogP contribution in [-0.4, -0.2) is 24.6 Å². The highest BCUT2D eigenvalue weighted by atomic mass is 16.5. The molecule has 1 atom stereocenters. The molecule has 0 fully saturated rings. The van der Waals surface area contributed by atoms with Crippen molar-refractivity contribution in [2.24, 2.45) is 0 Å². The molecule has 0 unspecified atom stereocenters. The van der Waals surface area contributed by atoms with Crippen molar-refractivity contribution in [3.8, 4) is 5.75 Å². The minimum Gasteiger partial charge on any atom is -0.481 e. The van der Waals surface area contributed by atoms with Crippen LogP contribution in [0.3, 0.4) is 0 Å². The molecule has 5 nitrogen and oxygen atoms in total. The lowest BCUT2D eigenvalue weighted by molar-refractivity contribution is -0.122. The highest BCUT2D eigenvalue weighted by Gasteiger charge is 2.21. The van der Waals surface area contributed by atoms with E-state index in [0.29, 0.717) is 35.6 Å². The van der Waals surface area contributed by atoms with Crippen molar-refractivity contribution in [1.29, 1.82) is 0 Å². The van der Waals surface area contributed by atoms with Gasteiger partial charge in [0.1, 0.15) is 5.75 Å².